The predicted octanol–water partition coefficient (Wildman–Crippen LogP) is 7.60. The van der Waals surface area contributed by atoms with Crippen molar-refractivity contribution in [2.45, 2.75) is 27.4 Å². The molecule has 0 saturated carbocycles. The van der Waals surface area contributed by atoms with Crippen LogP contribution in [0.1, 0.15) is 22.8 Å². The highest BCUT2D eigenvalue weighted by atomic mass is 16.6. The molecule has 0 radical (unpaired) electrons. The maximum Gasteiger partial charge on any atom is 0.271 e. The van der Waals surface area contributed by atoms with E-state index in [-0.39, 0.29) is 28.3 Å². The lowest BCUT2D eigenvalue weighted by atomic mass is 10.3. The van der Waals surface area contributed by atoms with E-state index in [2.05, 4.69) is 20.7 Å². The van der Waals surface area contributed by atoms with Crippen molar-refractivity contribution in [1.29, 1.82) is 0 Å². The average molecular weight is 900 g/mol. The first-order valence-electron chi connectivity index (χ1n) is 19.3. The highest BCUT2D eigenvalue weighted by Gasteiger charge is 2.14. The van der Waals surface area contributed by atoms with Crippen LogP contribution < -0.4 is 27.3 Å². The summed E-state index contributed by atoms with van der Waals surface area (Å²) in [4.78, 5) is 51.2. The van der Waals surface area contributed by atoms with Crippen LogP contribution in [0.25, 0.3) is 17.1 Å². The highest BCUT2D eigenvalue weighted by molar-refractivity contribution is 5.48. The summed E-state index contributed by atoms with van der Waals surface area (Å²) in [5.41, 5.74) is 14.4. The Morgan fingerprint density at radius 3 is 1.50 bits per heavy atom. The summed E-state index contributed by atoms with van der Waals surface area (Å²) in [6.07, 6.45) is 0. The minimum atomic E-state index is -0.480. The molecule has 0 aliphatic carbocycles. The van der Waals surface area contributed by atoms with Crippen LogP contribution in [-0.4, -0.2) is 49.0 Å². The van der Waals surface area contributed by atoms with Crippen molar-refractivity contribution in [1.82, 2.24) is 29.3 Å². The number of anilines is 2. The van der Waals surface area contributed by atoms with E-state index in [1.165, 1.54) is 95.7 Å². The zero-order valence-corrected chi connectivity index (χ0v) is 35.3. The van der Waals surface area contributed by atoms with Gasteiger partial charge in [0.15, 0.2) is 0 Å². The molecule has 23 heteroatoms. The number of nitrogen functional groups attached to an aromatic ring is 2. The third-order valence-electron chi connectivity index (χ3n) is 8.89. The van der Waals surface area contributed by atoms with Gasteiger partial charge in [-0.1, -0.05) is 18.2 Å². The van der Waals surface area contributed by atoms with E-state index in [1.54, 1.807) is 23.7 Å². The van der Waals surface area contributed by atoms with Gasteiger partial charge in [-0.15, -0.1) is 0 Å². The molecule has 6 N–H and O–H groups in total. The van der Waals surface area contributed by atoms with Crippen LogP contribution in [0.3, 0.4) is 0 Å². The topological polar surface area (TPSA) is 319 Å². The molecule has 66 heavy (non-hydrogen) atoms. The molecule has 3 aromatic heterocycles. The molecular formula is C43H41N13O10. The quantitative estimate of drug-likeness (QED) is 0.0420. The van der Waals surface area contributed by atoms with Gasteiger partial charge in [-0.3, -0.25) is 56.2 Å². The van der Waals surface area contributed by atoms with Crippen molar-refractivity contribution in [3.05, 3.63) is 219 Å². The fourth-order valence-electron chi connectivity index (χ4n) is 5.78. The largest absolute Gasteiger partial charge is 0.471 e. The number of para-hydroxylation sites is 1. The van der Waals surface area contributed by atoms with E-state index < -0.39 is 19.7 Å². The minimum absolute atomic E-state index is 0.0000713. The van der Waals surface area contributed by atoms with Gasteiger partial charge in [0.25, 0.3) is 28.3 Å². The molecule has 0 atom stereocenters. The minimum Gasteiger partial charge on any atom is -0.471 e. The molecule has 0 amide bonds. The van der Waals surface area contributed by atoms with E-state index >= 15 is 0 Å². The lowest BCUT2D eigenvalue weighted by Gasteiger charge is -2.11. The Morgan fingerprint density at radius 2 is 1.03 bits per heavy atom. The van der Waals surface area contributed by atoms with Crippen molar-refractivity contribution >= 4 is 34.1 Å². The first-order valence-corrected chi connectivity index (χ1v) is 19.3. The van der Waals surface area contributed by atoms with Crippen LogP contribution in [0.15, 0.2) is 150 Å². The summed E-state index contributed by atoms with van der Waals surface area (Å²) in [7, 11) is 0. The number of hydrogen-bond acceptors (Lipinski definition) is 15. The van der Waals surface area contributed by atoms with Crippen molar-refractivity contribution in [2.75, 3.05) is 11.2 Å². The molecule has 5 aromatic carbocycles. The monoisotopic (exact) mass is 899 g/mol. The van der Waals surface area contributed by atoms with Gasteiger partial charge >= 0.3 is 0 Å². The summed E-state index contributed by atoms with van der Waals surface area (Å²) < 4.78 is 10.9. The number of H-pyrrole nitrogens is 1. The fraction of sp³-hybridized carbons (Fsp3) is 0.0930. The molecule has 338 valence electrons. The average Bonchev–Trinajstić information content (AvgIpc) is 4.00. The van der Waals surface area contributed by atoms with E-state index in [0.29, 0.717) is 35.2 Å². The number of aromatic amines is 1. The van der Waals surface area contributed by atoms with Crippen LogP contribution >= 0.6 is 0 Å². The van der Waals surface area contributed by atoms with Crippen LogP contribution in [-0.2, 0) is 6.61 Å². The molecule has 0 aliphatic rings. The zero-order valence-electron chi connectivity index (χ0n) is 35.3. The third kappa shape index (κ3) is 13.0. The zero-order chi connectivity index (χ0) is 47.9. The van der Waals surface area contributed by atoms with Gasteiger partial charge in [0, 0.05) is 77.7 Å². The molecule has 0 aliphatic heterocycles. The Labute approximate surface area is 373 Å². The standard InChI is InChI=1S/C21H19N5O3.C10H9N3O3.C6H7N3O2.C6H6N2O2/c1-15-12-20(24(22-15)17-6-4-3-5-7-17)14-29-21-13-16(2)23-25(21)18-8-10-19(11-9-18)26(27)28;1-7-6-10(14)12(11-7)8-2-4-9(5-3-8)13(15)16;7-8-5-1-3-6(4-2-5)9(10)11;7-5-1-3-6(4-2-5)8(9)10/h3-13H,14H2,1-2H3;2-6,11H,1H3;1-4,8H,7H2;1-4H,7H2. The number of nitro benzene ring substituents is 4. The van der Waals surface area contributed by atoms with Gasteiger partial charge in [-0.05, 0) is 87.5 Å². The van der Waals surface area contributed by atoms with Crippen LogP contribution in [0.2, 0.25) is 0 Å². The number of nitrogens with two attached hydrogens (primary N) is 2. The van der Waals surface area contributed by atoms with Crippen molar-refractivity contribution in [2.24, 2.45) is 5.84 Å². The summed E-state index contributed by atoms with van der Waals surface area (Å²) in [6.45, 7) is 5.87. The van der Waals surface area contributed by atoms with Gasteiger partial charge in [-0.25, -0.2) is 14.0 Å². The second-order valence-electron chi connectivity index (χ2n) is 13.8. The second-order valence-corrected chi connectivity index (χ2v) is 13.8. The van der Waals surface area contributed by atoms with Crippen molar-refractivity contribution in [3.63, 3.8) is 0 Å². The Balaban J connectivity index is 0.000000185. The van der Waals surface area contributed by atoms with E-state index in [9.17, 15) is 45.3 Å². The SMILES string of the molecule is Cc1cc(=O)n(-c2ccc([N+](=O)[O-])cc2)[nH]1.Cc1cc(COc2cc(C)nn2-c2ccc([N+](=O)[O-])cc2)n(-c2ccccc2)n1.NNc1ccc([N+](=O)[O-])cc1.Nc1ccc([N+](=O)[O-])cc1. The number of benzene rings is 5. The fourth-order valence-corrected chi connectivity index (χ4v) is 5.78. The number of rotatable bonds is 11. The molecule has 8 rings (SSSR count). The molecular weight excluding hydrogens is 859 g/mol. The van der Waals surface area contributed by atoms with Crippen LogP contribution in [0, 0.1) is 61.2 Å². The lowest BCUT2D eigenvalue weighted by molar-refractivity contribution is -0.385. The maximum atomic E-state index is 11.5. The number of hydrogen-bond donors (Lipinski definition) is 4. The van der Waals surface area contributed by atoms with Gasteiger partial charge in [0.1, 0.15) is 6.61 Å². The molecule has 0 fully saturated rings. The first kappa shape index (κ1) is 47.5. The van der Waals surface area contributed by atoms with Crippen molar-refractivity contribution < 1.29 is 24.4 Å². The summed E-state index contributed by atoms with van der Waals surface area (Å²) >= 11 is 0. The number of nitrogens with one attached hydrogen (secondary N) is 2. The number of nitro groups is 4. The third-order valence-corrected chi connectivity index (χ3v) is 8.89. The van der Waals surface area contributed by atoms with Gasteiger partial charge in [-0.2, -0.15) is 10.2 Å². The van der Waals surface area contributed by atoms with E-state index in [0.717, 1.165) is 28.5 Å². The summed E-state index contributed by atoms with van der Waals surface area (Å²) in [6, 6.07) is 38.7. The molecule has 0 unspecified atom stereocenters. The summed E-state index contributed by atoms with van der Waals surface area (Å²) in [5, 5.41) is 53.4. The van der Waals surface area contributed by atoms with Crippen molar-refractivity contribution in [3.8, 4) is 22.9 Å². The summed E-state index contributed by atoms with van der Waals surface area (Å²) in [5.74, 6) is 5.61. The molecule has 8 aromatic rings. The number of ether oxygens (including phenoxy) is 1. The van der Waals surface area contributed by atoms with Gasteiger partial charge in [0.2, 0.25) is 5.88 Å². The smallest absolute Gasteiger partial charge is 0.271 e. The highest BCUT2D eigenvalue weighted by Crippen LogP contribution is 2.24. The first-order chi connectivity index (χ1) is 31.5. The van der Waals surface area contributed by atoms with Gasteiger partial charge < -0.3 is 15.9 Å². The Bertz CT molecular complexity index is 2970. The predicted molar refractivity (Wildman–Crippen MR) is 244 cm³/mol. The molecule has 0 bridgehead atoms. The Kier molecular flexibility index (Phi) is 15.9. The maximum absolute atomic E-state index is 11.5. The van der Waals surface area contributed by atoms with Crippen LogP contribution in [0.4, 0.5) is 34.1 Å². The molecule has 23 nitrogen and oxygen atoms in total. The number of aromatic nitrogens is 6. The molecule has 0 saturated heterocycles. The number of hydrazine groups is 1. The number of aryl methyl sites for hydroxylation is 3. The van der Waals surface area contributed by atoms with Gasteiger partial charge in [0.05, 0.1) is 53.8 Å². The Morgan fingerprint density at radius 1 is 0.591 bits per heavy atom. The van der Waals surface area contributed by atoms with Crippen LogP contribution in [0.5, 0.6) is 5.88 Å². The Hall–Kier alpha value is -9.51. The molecule has 0 spiro atoms. The number of nitrogens with zero attached hydrogens (tertiary/aromatic N) is 9. The molecule has 3 heterocycles. The lowest BCUT2D eigenvalue weighted by Crippen LogP contribution is -2.13. The van der Waals surface area contributed by atoms with E-state index in [4.69, 9.17) is 16.3 Å². The normalized spacial score (nSPS) is 10.2. The van der Waals surface area contributed by atoms with E-state index in [1.807, 2.05) is 61.0 Å². The second kappa shape index (κ2) is 22.0. The number of non-ortho nitro benzene ring substituents is 4.